The van der Waals surface area contributed by atoms with Crippen molar-refractivity contribution in [2.24, 2.45) is 5.73 Å². The van der Waals surface area contributed by atoms with E-state index in [0.717, 1.165) is 11.3 Å². The first-order valence-corrected chi connectivity index (χ1v) is 7.26. The highest BCUT2D eigenvalue weighted by Crippen LogP contribution is 2.27. The molecule has 2 aromatic carbocycles. The maximum absolute atomic E-state index is 12.2. The second kappa shape index (κ2) is 7.38. The molecular formula is C15H15N5O3S. The molecule has 0 fully saturated rings. The smallest absolute Gasteiger partial charge is 0.271 e. The van der Waals surface area contributed by atoms with E-state index >= 15 is 0 Å². The summed E-state index contributed by atoms with van der Waals surface area (Å²) >= 11 is 4.62. The standard InChI is InChI=1S/C15H15N5O3S/c1-9-4-2-3-5-12(9)17-13-8-10(20(22)23)6-7-11(13)14(21)18-19-15(16)24/h2-8,17H,1H3,(H,18,21)(H3,16,19,24). The molecule has 24 heavy (non-hydrogen) atoms. The van der Waals surface area contributed by atoms with Crippen LogP contribution >= 0.6 is 12.2 Å². The van der Waals surface area contributed by atoms with Crippen LogP contribution in [0.5, 0.6) is 0 Å². The zero-order valence-electron chi connectivity index (χ0n) is 12.7. The normalized spacial score (nSPS) is 9.88. The number of nitrogens with two attached hydrogens (primary N) is 1. The van der Waals surface area contributed by atoms with Gasteiger partial charge < -0.3 is 11.1 Å². The molecule has 0 saturated heterocycles. The van der Waals surface area contributed by atoms with Crippen LogP contribution in [0.25, 0.3) is 0 Å². The monoisotopic (exact) mass is 345 g/mol. The molecule has 0 spiro atoms. The summed E-state index contributed by atoms with van der Waals surface area (Å²) in [6.07, 6.45) is 0. The van der Waals surface area contributed by atoms with Crippen LogP contribution in [0.4, 0.5) is 17.1 Å². The first-order valence-electron chi connectivity index (χ1n) is 6.85. The van der Waals surface area contributed by atoms with E-state index in [9.17, 15) is 14.9 Å². The van der Waals surface area contributed by atoms with Crippen LogP contribution in [0.1, 0.15) is 15.9 Å². The van der Waals surface area contributed by atoms with Crippen LogP contribution in [-0.2, 0) is 0 Å². The van der Waals surface area contributed by atoms with Crippen molar-refractivity contribution in [2.75, 3.05) is 5.32 Å². The number of non-ortho nitro benzene ring substituents is 1. The van der Waals surface area contributed by atoms with E-state index in [1.807, 2.05) is 31.2 Å². The molecule has 9 heteroatoms. The van der Waals surface area contributed by atoms with Gasteiger partial charge in [-0.05, 0) is 36.8 Å². The molecule has 124 valence electrons. The van der Waals surface area contributed by atoms with Gasteiger partial charge in [-0.1, -0.05) is 18.2 Å². The van der Waals surface area contributed by atoms with Crippen molar-refractivity contribution in [1.82, 2.24) is 10.9 Å². The molecule has 5 N–H and O–H groups in total. The summed E-state index contributed by atoms with van der Waals surface area (Å²) in [6.45, 7) is 1.88. The van der Waals surface area contributed by atoms with Crippen molar-refractivity contribution >= 4 is 40.3 Å². The SMILES string of the molecule is Cc1ccccc1Nc1cc([N+](=O)[O-])ccc1C(=O)NNC(N)=S. The van der Waals surface area contributed by atoms with Gasteiger partial charge >= 0.3 is 0 Å². The molecule has 8 nitrogen and oxygen atoms in total. The average Bonchev–Trinajstić information content (AvgIpc) is 2.54. The maximum atomic E-state index is 12.2. The summed E-state index contributed by atoms with van der Waals surface area (Å²) in [6, 6.07) is 11.3. The highest BCUT2D eigenvalue weighted by Gasteiger charge is 2.17. The fourth-order valence-corrected chi connectivity index (χ4v) is 2.04. The number of thiocarbonyl (C=S) groups is 1. The molecule has 2 rings (SSSR count). The number of amides is 1. The van der Waals surface area contributed by atoms with Crippen LogP contribution in [0.3, 0.4) is 0 Å². The number of carbonyl (C=O) groups excluding carboxylic acids is 1. The van der Waals surface area contributed by atoms with Crippen LogP contribution in [-0.4, -0.2) is 15.9 Å². The van der Waals surface area contributed by atoms with Crippen molar-refractivity contribution in [3.05, 3.63) is 63.7 Å². The number of nitrogens with one attached hydrogen (secondary N) is 3. The molecule has 0 unspecified atom stereocenters. The first kappa shape index (κ1) is 17.2. The number of rotatable bonds is 4. The van der Waals surface area contributed by atoms with Gasteiger partial charge in [0.1, 0.15) is 0 Å². The van der Waals surface area contributed by atoms with E-state index in [2.05, 4.69) is 28.4 Å². The van der Waals surface area contributed by atoms with Crippen molar-refractivity contribution in [3.63, 3.8) is 0 Å². The van der Waals surface area contributed by atoms with E-state index in [1.54, 1.807) is 0 Å². The molecule has 0 aliphatic carbocycles. The molecule has 0 bridgehead atoms. The van der Waals surface area contributed by atoms with Gasteiger partial charge in [0, 0.05) is 17.8 Å². The van der Waals surface area contributed by atoms with Gasteiger partial charge in [-0.15, -0.1) is 0 Å². The summed E-state index contributed by atoms with van der Waals surface area (Å²) in [7, 11) is 0. The second-order valence-corrected chi connectivity index (χ2v) is 5.31. The minimum Gasteiger partial charge on any atom is -0.375 e. The molecule has 0 saturated carbocycles. The number of benzene rings is 2. The van der Waals surface area contributed by atoms with Gasteiger partial charge in [0.2, 0.25) is 0 Å². The van der Waals surface area contributed by atoms with Gasteiger partial charge in [0.15, 0.2) is 5.11 Å². The van der Waals surface area contributed by atoms with Crippen molar-refractivity contribution < 1.29 is 9.72 Å². The zero-order chi connectivity index (χ0) is 17.7. The lowest BCUT2D eigenvalue weighted by molar-refractivity contribution is -0.384. The van der Waals surface area contributed by atoms with Crippen LogP contribution in [0.2, 0.25) is 0 Å². The number of para-hydroxylation sites is 1. The second-order valence-electron chi connectivity index (χ2n) is 4.87. The lowest BCUT2D eigenvalue weighted by atomic mass is 10.1. The fraction of sp³-hybridized carbons (Fsp3) is 0.0667. The summed E-state index contributed by atoms with van der Waals surface area (Å²) in [5.74, 6) is -0.534. The average molecular weight is 345 g/mol. The number of nitro benzene ring substituents is 1. The number of aryl methyl sites for hydroxylation is 1. The van der Waals surface area contributed by atoms with E-state index in [1.165, 1.54) is 18.2 Å². The Bertz CT molecular complexity index is 809. The summed E-state index contributed by atoms with van der Waals surface area (Å²) in [5.41, 5.74) is 11.9. The minimum absolute atomic E-state index is 0.0984. The third-order valence-electron chi connectivity index (χ3n) is 3.17. The molecule has 2 aromatic rings. The number of carbonyl (C=O) groups is 1. The lowest BCUT2D eigenvalue weighted by Crippen LogP contribution is -2.44. The summed E-state index contributed by atoms with van der Waals surface area (Å²) in [5, 5.41) is 13.9. The highest BCUT2D eigenvalue weighted by atomic mass is 32.1. The Morgan fingerprint density at radius 2 is 1.88 bits per heavy atom. The molecular weight excluding hydrogens is 330 g/mol. The quantitative estimate of drug-likeness (QED) is 0.380. The van der Waals surface area contributed by atoms with Crippen LogP contribution < -0.4 is 21.9 Å². The van der Waals surface area contributed by atoms with Crippen LogP contribution in [0, 0.1) is 17.0 Å². The minimum atomic E-state index is -0.534. The number of hydrogen-bond donors (Lipinski definition) is 4. The van der Waals surface area contributed by atoms with Gasteiger partial charge in [0.25, 0.3) is 11.6 Å². The van der Waals surface area contributed by atoms with Gasteiger partial charge in [-0.2, -0.15) is 0 Å². The molecule has 0 aromatic heterocycles. The Morgan fingerprint density at radius 1 is 1.17 bits per heavy atom. The predicted octanol–water partition coefficient (Wildman–Crippen LogP) is 2.12. The first-order chi connectivity index (χ1) is 11.4. The Labute approximate surface area is 143 Å². The Kier molecular flexibility index (Phi) is 5.27. The Morgan fingerprint density at radius 3 is 2.50 bits per heavy atom. The lowest BCUT2D eigenvalue weighted by Gasteiger charge is -2.14. The van der Waals surface area contributed by atoms with Gasteiger partial charge in [-0.25, -0.2) is 0 Å². The third kappa shape index (κ3) is 4.17. The van der Waals surface area contributed by atoms with E-state index in [4.69, 9.17) is 5.73 Å². The largest absolute Gasteiger partial charge is 0.375 e. The number of nitrogens with zero attached hydrogens (tertiary/aromatic N) is 1. The summed E-state index contributed by atoms with van der Waals surface area (Å²) in [4.78, 5) is 22.7. The van der Waals surface area contributed by atoms with Crippen molar-refractivity contribution in [1.29, 1.82) is 0 Å². The van der Waals surface area contributed by atoms with Crippen molar-refractivity contribution in [3.8, 4) is 0 Å². The molecule has 0 aliphatic heterocycles. The molecule has 1 amide bonds. The topological polar surface area (TPSA) is 122 Å². The highest BCUT2D eigenvalue weighted by molar-refractivity contribution is 7.80. The number of hydrogen-bond acceptors (Lipinski definition) is 5. The van der Waals surface area contributed by atoms with E-state index < -0.39 is 10.8 Å². The van der Waals surface area contributed by atoms with Crippen molar-refractivity contribution in [2.45, 2.75) is 6.92 Å². The number of nitro groups is 1. The van der Waals surface area contributed by atoms with E-state index in [-0.39, 0.29) is 16.4 Å². The number of anilines is 2. The molecule has 0 radical (unpaired) electrons. The zero-order valence-corrected chi connectivity index (χ0v) is 13.5. The summed E-state index contributed by atoms with van der Waals surface area (Å²) < 4.78 is 0. The number of hydrazine groups is 1. The molecule has 0 heterocycles. The maximum Gasteiger partial charge on any atom is 0.271 e. The van der Waals surface area contributed by atoms with Gasteiger partial charge in [0.05, 0.1) is 16.2 Å². The Balaban J connectivity index is 2.39. The fourth-order valence-electron chi connectivity index (χ4n) is 1.99. The predicted molar refractivity (Wildman–Crippen MR) is 94.9 cm³/mol. The molecule has 0 aliphatic rings. The third-order valence-corrected chi connectivity index (χ3v) is 3.27. The Hall–Kier alpha value is -3.20. The van der Waals surface area contributed by atoms with Gasteiger partial charge in [-0.3, -0.25) is 25.8 Å². The van der Waals surface area contributed by atoms with Crippen LogP contribution in [0.15, 0.2) is 42.5 Å². The molecule has 0 atom stereocenters. The van der Waals surface area contributed by atoms with E-state index in [0.29, 0.717) is 5.69 Å².